The van der Waals surface area contributed by atoms with E-state index >= 15 is 0 Å². The molecule has 0 radical (unpaired) electrons. The Morgan fingerprint density at radius 3 is 3.04 bits per heavy atom. The summed E-state index contributed by atoms with van der Waals surface area (Å²) in [7, 11) is 3.88. The van der Waals surface area contributed by atoms with Crippen molar-refractivity contribution in [2.75, 3.05) is 38.6 Å². The first kappa shape index (κ1) is 17.6. The molecule has 1 aliphatic rings. The summed E-state index contributed by atoms with van der Waals surface area (Å²) >= 11 is 0. The molecule has 1 saturated heterocycles. The van der Waals surface area contributed by atoms with E-state index in [0.717, 1.165) is 31.2 Å². The number of carbonyl (C=O) groups is 1. The van der Waals surface area contributed by atoms with Crippen LogP contribution in [-0.4, -0.2) is 60.5 Å². The third-order valence-corrected chi connectivity index (χ3v) is 4.12. The van der Waals surface area contributed by atoms with Gasteiger partial charge in [0.2, 0.25) is 11.9 Å². The van der Waals surface area contributed by atoms with Crippen LogP contribution in [0.4, 0.5) is 5.95 Å². The third-order valence-electron chi connectivity index (χ3n) is 4.12. The van der Waals surface area contributed by atoms with E-state index in [9.17, 15) is 4.79 Å². The molecule has 1 fully saturated rings. The molecule has 2 rings (SSSR count). The van der Waals surface area contributed by atoms with Crippen LogP contribution in [0, 0.1) is 0 Å². The summed E-state index contributed by atoms with van der Waals surface area (Å²) in [5.74, 6) is 0.766. The second-order valence-corrected chi connectivity index (χ2v) is 6.21. The van der Waals surface area contributed by atoms with Gasteiger partial charge in [-0.15, -0.1) is 0 Å². The molecule has 23 heavy (non-hydrogen) atoms. The molecule has 7 nitrogen and oxygen atoms in total. The van der Waals surface area contributed by atoms with Crippen LogP contribution in [0.25, 0.3) is 0 Å². The molecule has 1 aromatic heterocycles. The fourth-order valence-corrected chi connectivity index (χ4v) is 2.85. The van der Waals surface area contributed by atoms with E-state index in [2.05, 4.69) is 20.2 Å². The van der Waals surface area contributed by atoms with Crippen molar-refractivity contribution in [3.05, 3.63) is 18.0 Å². The SMILES string of the molecule is CN(C)c1nccc(CN2CCCCC2CNC(=O)CCN)n1. The normalized spacial score (nSPS) is 18.7. The van der Waals surface area contributed by atoms with Gasteiger partial charge in [-0.1, -0.05) is 6.42 Å². The molecule has 0 aliphatic carbocycles. The van der Waals surface area contributed by atoms with Crippen LogP contribution in [-0.2, 0) is 11.3 Å². The second-order valence-electron chi connectivity index (χ2n) is 6.21. The lowest BCUT2D eigenvalue weighted by atomic mass is 10.0. The predicted molar refractivity (Wildman–Crippen MR) is 91.1 cm³/mol. The van der Waals surface area contributed by atoms with Gasteiger partial charge in [0, 0.05) is 52.4 Å². The van der Waals surface area contributed by atoms with Gasteiger partial charge in [0.25, 0.3) is 0 Å². The van der Waals surface area contributed by atoms with Crippen LogP contribution in [0.3, 0.4) is 0 Å². The number of rotatable bonds is 7. The number of likely N-dealkylation sites (tertiary alicyclic amines) is 1. The maximum absolute atomic E-state index is 11.6. The number of piperidine rings is 1. The maximum Gasteiger partial charge on any atom is 0.225 e. The first-order chi connectivity index (χ1) is 11.1. The van der Waals surface area contributed by atoms with Crippen molar-refractivity contribution in [3.63, 3.8) is 0 Å². The van der Waals surface area contributed by atoms with Crippen molar-refractivity contribution >= 4 is 11.9 Å². The molecule has 0 spiro atoms. The summed E-state index contributed by atoms with van der Waals surface area (Å²) in [5, 5.41) is 3.00. The number of amides is 1. The van der Waals surface area contributed by atoms with Gasteiger partial charge in [0.1, 0.15) is 0 Å². The van der Waals surface area contributed by atoms with Crippen LogP contribution in [0.15, 0.2) is 12.3 Å². The van der Waals surface area contributed by atoms with Gasteiger partial charge in [0.05, 0.1) is 5.69 Å². The average molecular weight is 320 g/mol. The minimum absolute atomic E-state index is 0.0370. The minimum atomic E-state index is 0.0370. The third kappa shape index (κ3) is 5.44. The molecule has 0 aromatic carbocycles. The Morgan fingerprint density at radius 1 is 1.48 bits per heavy atom. The molecule has 3 N–H and O–H groups in total. The predicted octanol–water partition coefficient (Wildman–Crippen LogP) is 0.362. The first-order valence-corrected chi connectivity index (χ1v) is 8.30. The molecule has 2 heterocycles. The number of nitrogens with two attached hydrogens (primary N) is 1. The summed E-state index contributed by atoms with van der Waals surface area (Å²) in [5.41, 5.74) is 6.43. The summed E-state index contributed by atoms with van der Waals surface area (Å²) < 4.78 is 0. The van der Waals surface area contributed by atoms with E-state index in [0.29, 0.717) is 25.6 Å². The summed E-state index contributed by atoms with van der Waals surface area (Å²) in [6.07, 6.45) is 5.71. The minimum Gasteiger partial charge on any atom is -0.354 e. The Kier molecular flexibility index (Phi) is 6.73. The van der Waals surface area contributed by atoms with Gasteiger partial charge >= 0.3 is 0 Å². The fourth-order valence-electron chi connectivity index (χ4n) is 2.85. The number of hydrogen-bond acceptors (Lipinski definition) is 6. The lowest BCUT2D eigenvalue weighted by Crippen LogP contribution is -2.46. The molecular weight excluding hydrogens is 292 g/mol. The van der Waals surface area contributed by atoms with Crippen LogP contribution in [0.5, 0.6) is 0 Å². The maximum atomic E-state index is 11.6. The van der Waals surface area contributed by atoms with Gasteiger partial charge in [-0.2, -0.15) is 0 Å². The molecule has 0 bridgehead atoms. The van der Waals surface area contributed by atoms with Crippen LogP contribution >= 0.6 is 0 Å². The highest BCUT2D eigenvalue weighted by molar-refractivity contribution is 5.76. The van der Waals surface area contributed by atoms with E-state index in [1.165, 1.54) is 12.8 Å². The van der Waals surface area contributed by atoms with E-state index in [4.69, 9.17) is 5.73 Å². The van der Waals surface area contributed by atoms with Gasteiger partial charge < -0.3 is 16.0 Å². The quantitative estimate of drug-likeness (QED) is 0.754. The van der Waals surface area contributed by atoms with E-state index < -0.39 is 0 Å². The van der Waals surface area contributed by atoms with Crippen LogP contribution in [0.2, 0.25) is 0 Å². The van der Waals surface area contributed by atoms with Crippen LogP contribution < -0.4 is 16.0 Å². The molecule has 1 aliphatic heterocycles. The van der Waals surface area contributed by atoms with Crippen molar-refractivity contribution in [2.45, 2.75) is 38.3 Å². The van der Waals surface area contributed by atoms with Crippen molar-refractivity contribution in [1.29, 1.82) is 0 Å². The lowest BCUT2D eigenvalue weighted by molar-refractivity contribution is -0.121. The van der Waals surface area contributed by atoms with E-state index in [-0.39, 0.29) is 5.91 Å². The Hall–Kier alpha value is -1.73. The topological polar surface area (TPSA) is 87.4 Å². The fraction of sp³-hybridized carbons (Fsp3) is 0.688. The zero-order valence-corrected chi connectivity index (χ0v) is 14.2. The number of anilines is 1. The number of nitrogens with one attached hydrogen (secondary N) is 1. The number of carbonyl (C=O) groups excluding carboxylic acids is 1. The summed E-state index contributed by atoms with van der Waals surface area (Å²) in [6, 6.07) is 2.33. The number of aromatic nitrogens is 2. The van der Waals surface area contributed by atoms with E-state index in [1.807, 2.05) is 25.1 Å². The Balaban J connectivity index is 1.95. The Bertz CT molecular complexity index is 507. The van der Waals surface area contributed by atoms with E-state index in [1.54, 1.807) is 6.20 Å². The molecule has 1 aromatic rings. The molecule has 1 unspecified atom stereocenters. The van der Waals surface area contributed by atoms with Gasteiger partial charge in [-0.3, -0.25) is 9.69 Å². The smallest absolute Gasteiger partial charge is 0.225 e. The monoisotopic (exact) mass is 320 g/mol. The Morgan fingerprint density at radius 2 is 2.30 bits per heavy atom. The van der Waals surface area contributed by atoms with Crippen molar-refractivity contribution in [3.8, 4) is 0 Å². The van der Waals surface area contributed by atoms with Gasteiger partial charge in [-0.25, -0.2) is 9.97 Å². The highest BCUT2D eigenvalue weighted by Gasteiger charge is 2.23. The molecule has 0 saturated carbocycles. The molecular formula is C16H28N6O. The zero-order valence-electron chi connectivity index (χ0n) is 14.2. The summed E-state index contributed by atoms with van der Waals surface area (Å²) in [4.78, 5) is 24.8. The standard InChI is InChI=1S/C16H28N6O/c1-21(2)16-18-9-7-13(20-16)12-22-10-4-3-5-14(22)11-19-15(23)6-8-17/h7,9,14H,3-6,8,10-12,17H2,1-2H3,(H,19,23). The van der Waals surface area contributed by atoms with Gasteiger partial charge in [0.15, 0.2) is 0 Å². The lowest BCUT2D eigenvalue weighted by Gasteiger charge is -2.35. The zero-order chi connectivity index (χ0) is 16.7. The van der Waals surface area contributed by atoms with Crippen LogP contribution in [0.1, 0.15) is 31.4 Å². The average Bonchev–Trinajstić information content (AvgIpc) is 2.54. The molecule has 7 heteroatoms. The summed E-state index contributed by atoms with van der Waals surface area (Å²) in [6.45, 7) is 2.92. The molecule has 1 atom stereocenters. The number of hydrogen-bond donors (Lipinski definition) is 2. The second kappa shape index (κ2) is 8.79. The van der Waals surface area contributed by atoms with Gasteiger partial charge in [-0.05, 0) is 25.5 Å². The molecule has 1 amide bonds. The largest absolute Gasteiger partial charge is 0.354 e. The highest BCUT2D eigenvalue weighted by atomic mass is 16.1. The first-order valence-electron chi connectivity index (χ1n) is 8.30. The Labute approximate surface area is 138 Å². The van der Waals surface area contributed by atoms with Crippen molar-refractivity contribution in [1.82, 2.24) is 20.2 Å². The van der Waals surface area contributed by atoms with Crippen molar-refractivity contribution in [2.24, 2.45) is 5.73 Å². The highest BCUT2D eigenvalue weighted by Crippen LogP contribution is 2.19. The molecule has 128 valence electrons. The number of nitrogens with zero attached hydrogens (tertiary/aromatic N) is 4. The van der Waals surface area contributed by atoms with Crippen molar-refractivity contribution < 1.29 is 4.79 Å².